The summed E-state index contributed by atoms with van der Waals surface area (Å²) in [6.45, 7) is 9.02. The molecular formula is C25H27N3O4. The maximum Gasteiger partial charge on any atom is 0.341 e. The molecule has 0 aliphatic carbocycles. The van der Waals surface area contributed by atoms with Crippen LogP contribution in [0.1, 0.15) is 61.3 Å². The quantitative estimate of drug-likeness (QED) is 0.661. The lowest BCUT2D eigenvalue weighted by molar-refractivity contribution is 0.0694. The maximum absolute atomic E-state index is 12.6. The van der Waals surface area contributed by atoms with Crippen molar-refractivity contribution >= 4 is 5.97 Å². The second kappa shape index (κ2) is 7.36. The van der Waals surface area contributed by atoms with E-state index < -0.39 is 11.4 Å². The van der Waals surface area contributed by atoms with Gasteiger partial charge in [-0.2, -0.15) is 5.10 Å². The topological polar surface area (TPSA) is 86.4 Å². The number of hydrogen-bond donors (Lipinski definition) is 1. The molecule has 2 aromatic heterocycles. The summed E-state index contributed by atoms with van der Waals surface area (Å²) in [6.07, 6.45) is 5.01. The molecule has 7 nitrogen and oxygen atoms in total. The highest BCUT2D eigenvalue weighted by atomic mass is 16.5. The van der Waals surface area contributed by atoms with E-state index in [1.165, 1.54) is 12.3 Å². The van der Waals surface area contributed by atoms with Crippen molar-refractivity contribution in [1.29, 1.82) is 0 Å². The molecule has 1 atom stereocenters. The van der Waals surface area contributed by atoms with Crippen LogP contribution in [0.4, 0.5) is 0 Å². The molecule has 0 fully saturated rings. The molecule has 32 heavy (non-hydrogen) atoms. The average Bonchev–Trinajstić information content (AvgIpc) is 3.41. The Morgan fingerprint density at radius 3 is 2.69 bits per heavy atom. The van der Waals surface area contributed by atoms with Crippen LogP contribution >= 0.6 is 0 Å². The maximum atomic E-state index is 12.6. The van der Waals surface area contributed by atoms with Gasteiger partial charge in [0.2, 0.25) is 0 Å². The molecule has 4 heterocycles. The Hall–Kier alpha value is -3.35. The molecule has 5 rings (SSSR count). The van der Waals surface area contributed by atoms with Gasteiger partial charge in [0.1, 0.15) is 11.3 Å². The number of rotatable bonds is 4. The van der Waals surface area contributed by atoms with Crippen LogP contribution < -0.4 is 10.2 Å². The first-order chi connectivity index (χ1) is 15.3. The number of aromatic nitrogens is 3. The zero-order valence-electron chi connectivity index (χ0n) is 18.8. The summed E-state index contributed by atoms with van der Waals surface area (Å²) < 4.78 is 10.0. The Balaban J connectivity index is 1.77. The summed E-state index contributed by atoms with van der Waals surface area (Å²) in [5.41, 5.74) is 5.23. The van der Waals surface area contributed by atoms with E-state index in [0.717, 1.165) is 52.2 Å². The summed E-state index contributed by atoms with van der Waals surface area (Å²) in [5.74, 6) is -0.107. The third kappa shape index (κ3) is 3.06. The first kappa shape index (κ1) is 20.5. The number of pyridine rings is 1. The molecule has 0 amide bonds. The van der Waals surface area contributed by atoms with Crippen LogP contribution in [0.25, 0.3) is 22.5 Å². The highest BCUT2D eigenvalue weighted by Gasteiger charge is 2.33. The van der Waals surface area contributed by atoms with Gasteiger partial charge in [0, 0.05) is 53.7 Å². The van der Waals surface area contributed by atoms with Gasteiger partial charge >= 0.3 is 5.97 Å². The predicted octanol–water partition coefficient (Wildman–Crippen LogP) is 4.35. The lowest BCUT2D eigenvalue weighted by atomic mass is 9.83. The van der Waals surface area contributed by atoms with E-state index in [1.54, 1.807) is 0 Å². The smallest absolute Gasteiger partial charge is 0.341 e. The van der Waals surface area contributed by atoms with Gasteiger partial charge in [0.05, 0.1) is 18.0 Å². The fraction of sp³-hybridized carbons (Fsp3) is 0.400. The number of hydrogen-bond acceptors (Lipinski definition) is 4. The lowest BCUT2D eigenvalue weighted by Gasteiger charge is -2.34. The van der Waals surface area contributed by atoms with Gasteiger partial charge in [-0.05, 0) is 43.9 Å². The summed E-state index contributed by atoms with van der Waals surface area (Å²) in [6, 6.07) is 5.98. The van der Waals surface area contributed by atoms with Crippen LogP contribution in [0, 0.1) is 5.92 Å². The Bertz CT molecular complexity index is 1300. The minimum Gasteiger partial charge on any atom is -0.492 e. The summed E-state index contributed by atoms with van der Waals surface area (Å²) in [5, 5.41) is 14.3. The van der Waals surface area contributed by atoms with E-state index in [0.29, 0.717) is 6.61 Å². The minimum absolute atomic E-state index is 0.0534. The molecule has 1 unspecified atom stereocenters. The largest absolute Gasteiger partial charge is 0.492 e. The number of ether oxygens (including phenoxy) is 1. The Labute approximate surface area is 186 Å². The fourth-order valence-corrected chi connectivity index (χ4v) is 4.95. The molecular weight excluding hydrogens is 406 g/mol. The van der Waals surface area contributed by atoms with E-state index in [-0.39, 0.29) is 23.6 Å². The van der Waals surface area contributed by atoms with Crippen molar-refractivity contribution in [3.05, 3.63) is 57.5 Å². The molecule has 7 heteroatoms. The van der Waals surface area contributed by atoms with E-state index in [1.807, 2.05) is 21.5 Å². The summed E-state index contributed by atoms with van der Waals surface area (Å²) in [4.78, 5) is 24.3. The highest BCUT2D eigenvalue weighted by Crippen LogP contribution is 2.48. The second-order valence-electron chi connectivity index (χ2n) is 9.30. The van der Waals surface area contributed by atoms with Gasteiger partial charge < -0.3 is 14.4 Å². The molecule has 0 saturated carbocycles. The lowest BCUT2D eigenvalue weighted by Crippen LogP contribution is -2.28. The van der Waals surface area contributed by atoms with Crippen molar-refractivity contribution in [3.63, 3.8) is 0 Å². The number of carboxylic acids is 1. The van der Waals surface area contributed by atoms with Gasteiger partial charge in [-0.15, -0.1) is 0 Å². The summed E-state index contributed by atoms with van der Waals surface area (Å²) >= 11 is 0. The van der Waals surface area contributed by atoms with Crippen LogP contribution in [0.2, 0.25) is 0 Å². The Morgan fingerprint density at radius 2 is 2.03 bits per heavy atom. The molecule has 3 aromatic rings. The van der Waals surface area contributed by atoms with Crippen molar-refractivity contribution in [1.82, 2.24) is 14.3 Å². The third-order valence-electron chi connectivity index (χ3n) is 6.59. The van der Waals surface area contributed by atoms with Crippen molar-refractivity contribution in [2.24, 2.45) is 5.92 Å². The van der Waals surface area contributed by atoms with E-state index in [9.17, 15) is 14.7 Å². The van der Waals surface area contributed by atoms with Crippen molar-refractivity contribution in [3.8, 4) is 28.3 Å². The van der Waals surface area contributed by atoms with Crippen LogP contribution in [-0.2, 0) is 12.8 Å². The Kier molecular flexibility index (Phi) is 4.73. The van der Waals surface area contributed by atoms with Crippen molar-refractivity contribution < 1.29 is 14.6 Å². The predicted molar refractivity (Wildman–Crippen MR) is 121 cm³/mol. The van der Waals surface area contributed by atoms with Gasteiger partial charge in [0.15, 0.2) is 5.43 Å². The highest BCUT2D eigenvalue weighted by molar-refractivity contribution is 5.88. The molecule has 0 bridgehead atoms. The van der Waals surface area contributed by atoms with Crippen molar-refractivity contribution in [2.75, 3.05) is 6.61 Å². The first-order valence-corrected chi connectivity index (χ1v) is 11.1. The first-order valence-electron chi connectivity index (χ1n) is 11.1. The molecule has 1 N–H and O–H groups in total. The SMILES string of the molecule is CC(C)C1Cc2cc(-c3ccn(C(C)C)n3)c3c(c2-c2cc(=O)c(C(=O)O)cn21)CCO3. The van der Waals surface area contributed by atoms with Gasteiger partial charge in [-0.25, -0.2) is 4.79 Å². The standard InChI is InChI=1S/C25H27N3O4/c1-13(2)20-10-15-9-17(19-5-7-28(26-19)14(3)4)24-16(6-8-32-24)23(15)21-11-22(29)18(25(30)31)12-27(20)21/h5,7,9,11-14,20H,6,8,10H2,1-4H3,(H,30,31). The second-order valence-corrected chi connectivity index (χ2v) is 9.30. The average molecular weight is 434 g/mol. The zero-order chi connectivity index (χ0) is 22.7. The summed E-state index contributed by atoms with van der Waals surface area (Å²) in [7, 11) is 0. The van der Waals surface area contributed by atoms with Crippen LogP contribution in [-0.4, -0.2) is 32.0 Å². The monoisotopic (exact) mass is 433 g/mol. The molecule has 0 radical (unpaired) electrons. The van der Waals surface area contributed by atoms with Gasteiger partial charge in [0.25, 0.3) is 0 Å². The van der Waals surface area contributed by atoms with E-state index in [2.05, 4.69) is 33.8 Å². The molecule has 2 aliphatic heterocycles. The molecule has 166 valence electrons. The number of benzene rings is 1. The van der Waals surface area contributed by atoms with Gasteiger partial charge in [-0.3, -0.25) is 9.48 Å². The minimum atomic E-state index is -1.19. The van der Waals surface area contributed by atoms with E-state index in [4.69, 9.17) is 9.84 Å². The fourth-order valence-electron chi connectivity index (χ4n) is 4.95. The normalized spacial score (nSPS) is 16.6. The number of nitrogens with zero attached hydrogens (tertiary/aromatic N) is 3. The number of fused-ring (bicyclic) bond motifs is 5. The van der Waals surface area contributed by atoms with E-state index >= 15 is 0 Å². The van der Waals surface area contributed by atoms with Crippen LogP contribution in [0.15, 0.2) is 35.4 Å². The molecule has 2 aliphatic rings. The van der Waals surface area contributed by atoms with Gasteiger partial charge in [-0.1, -0.05) is 13.8 Å². The zero-order valence-corrected chi connectivity index (χ0v) is 18.8. The molecule has 0 spiro atoms. The molecule has 0 saturated heterocycles. The van der Waals surface area contributed by atoms with Crippen LogP contribution in [0.3, 0.4) is 0 Å². The van der Waals surface area contributed by atoms with Crippen molar-refractivity contribution in [2.45, 2.75) is 52.6 Å². The number of carbonyl (C=O) groups is 1. The Morgan fingerprint density at radius 1 is 1.25 bits per heavy atom. The number of carboxylic acid groups (broad SMARTS) is 1. The third-order valence-corrected chi connectivity index (χ3v) is 6.59. The number of aromatic carboxylic acids is 1. The molecule has 1 aromatic carbocycles. The van der Waals surface area contributed by atoms with Crippen LogP contribution in [0.5, 0.6) is 5.75 Å².